The largest absolute Gasteiger partial charge is 0.497 e. The molecular weight excluding hydrogens is 310 g/mol. The van der Waals surface area contributed by atoms with Crippen LogP contribution in [0.3, 0.4) is 0 Å². The highest BCUT2D eigenvalue weighted by atomic mass is 16.6. The fraction of sp³-hybridized carbons (Fsp3) is 0.111. The number of esters is 1. The number of nitrogens with zero attached hydrogens (tertiary/aromatic N) is 1. The molecule has 120 valence electrons. The van der Waals surface area contributed by atoms with Crippen LogP contribution >= 0.6 is 0 Å². The van der Waals surface area contributed by atoms with Crippen LogP contribution in [0.25, 0.3) is 10.9 Å². The lowest BCUT2D eigenvalue weighted by atomic mass is 10.1. The standard InChI is InChI=1S/C18H13NO5/c1-21-10-7-8-13-14(9-10)24-16-11-5-3-4-6-12(11)19-15(17(16)23-13)18(20)22-2/h3-9H,1-2H3. The highest BCUT2D eigenvalue weighted by Crippen LogP contribution is 2.50. The van der Waals surface area contributed by atoms with E-state index in [9.17, 15) is 4.79 Å². The summed E-state index contributed by atoms with van der Waals surface area (Å²) >= 11 is 0. The van der Waals surface area contributed by atoms with Crippen molar-refractivity contribution in [2.75, 3.05) is 14.2 Å². The maximum Gasteiger partial charge on any atom is 0.360 e. The van der Waals surface area contributed by atoms with Crippen LogP contribution in [0, 0.1) is 0 Å². The van der Waals surface area contributed by atoms with Gasteiger partial charge in [0, 0.05) is 11.5 Å². The number of fused-ring (bicyclic) bond motifs is 4. The Kier molecular flexibility index (Phi) is 3.23. The lowest BCUT2D eigenvalue weighted by Gasteiger charge is -2.23. The molecule has 2 aromatic carbocycles. The fourth-order valence-corrected chi connectivity index (χ4v) is 2.59. The summed E-state index contributed by atoms with van der Waals surface area (Å²) in [5, 5.41) is 0.744. The molecule has 6 heteroatoms. The Bertz CT molecular complexity index is 967. The lowest BCUT2D eigenvalue weighted by molar-refractivity contribution is 0.0590. The third kappa shape index (κ3) is 2.11. The minimum absolute atomic E-state index is 0.0765. The molecule has 0 saturated carbocycles. The average molecular weight is 323 g/mol. The Morgan fingerprint density at radius 1 is 1.00 bits per heavy atom. The van der Waals surface area contributed by atoms with Gasteiger partial charge in [-0.05, 0) is 24.3 Å². The zero-order chi connectivity index (χ0) is 16.7. The molecule has 6 nitrogen and oxygen atoms in total. The monoisotopic (exact) mass is 323 g/mol. The van der Waals surface area contributed by atoms with E-state index in [1.54, 1.807) is 31.4 Å². The van der Waals surface area contributed by atoms with Crippen molar-refractivity contribution in [1.29, 1.82) is 0 Å². The first-order valence-corrected chi connectivity index (χ1v) is 7.26. The number of ether oxygens (including phenoxy) is 4. The van der Waals surface area contributed by atoms with Crippen LogP contribution in [0.15, 0.2) is 42.5 Å². The van der Waals surface area contributed by atoms with E-state index in [0.29, 0.717) is 28.5 Å². The summed E-state index contributed by atoms with van der Waals surface area (Å²) in [5.74, 6) is 1.73. The van der Waals surface area contributed by atoms with Gasteiger partial charge in [-0.1, -0.05) is 12.1 Å². The number of aromatic nitrogens is 1. The second kappa shape index (κ2) is 5.42. The summed E-state index contributed by atoms with van der Waals surface area (Å²) in [6, 6.07) is 12.6. The van der Waals surface area contributed by atoms with Gasteiger partial charge in [0.25, 0.3) is 0 Å². The van der Waals surface area contributed by atoms with Gasteiger partial charge in [0.15, 0.2) is 22.9 Å². The van der Waals surface area contributed by atoms with E-state index in [4.69, 9.17) is 18.9 Å². The summed E-state index contributed by atoms with van der Waals surface area (Å²) in [4.78, 5) is 16.5. The van der Waals surface area contributed by atoms with Gasteiger partial charge in [-0.15, -0.1) is 0 Å². The van der Waals surface area contributed by atoms with Crippen molar-refractivity contribution in [2.24, 2.45) is 0 Å². The van der Waals surface area contributed by atoms with E-state index in [1.165, 1.54) is 7.11 Å². The average Bonchev–Trinajstić information content (AvgIpc) is 2.64. The molecule has 0 saturated heterocycles. The second-order valence-corrected chi connectivity index (χ2v) is 5.14. The number of methoxy groups -OCH3 is 2. The van der Waals surface area contributed by atoms with Crippen LogP contribution in [0.1, 0.15) is 10.5 Å². The van der Waals surface area contributed by atoms with Gasteiger partial charge in [-0.25, -0.2) is 9.78 Å². The number of carbonyl (C=O) groups excluding carboxylic acids is 1. The normalized spacial score (nSPS) is 11.8. The molecule has 0 atom stereocenters. The van der Waals surface area contributed by atoms with E-state index >= 15 is 0 Å². The molecule has 0 radical (unpaired) electrons. The van der Waals surface area contributed by atoms with Crippen molar-refractivity contribution < 1.29 is 23.7 Å². The predicted molar refractivity (Wildman–Crippen MR) is 86.2 cm³/mol. The highest BCUT2D eigenvalue weighted by Gasteiger charge is 2.29. The van der Waals surface area contributed by atoms with E-state index in [0.717, 1.165) is 5.39 Å². The van der Waals surface area contributed by atoms with E-state index in [1.807, 2.05) is 18.2 Å². The maximum absolute atomic E-state index is 12.1. The number of benzene rings is 2. The Balaban J connectivity index is 1.96. The molecule has 1 aromatic heterocycles. The van der Waals surface area contributed by atoms with Crippen LogP contribution in [0.4, 0.5) is 0 Å². The quantitative estimate of drug-likeness (QED) is 0.521. The Morgan fingerprint density at radius 3 is 2.58 bits per heavy atom. The molecule has 24 heavy (non-hydrogen) atoms. The van der Waals surface area contributed by atoms with Gasteiger partial charge in [0.05, 0.1) is 19.7 Å². The topological polar surface area (TPSA) is 66.9 Å². The van der Waals surface area contributed by atoms with Gasteiger partial charge in [-0.3, -0.25) is 0 Å². The highest BCUT2D eigenvalue weighted by molar-refractivity contribution is 5.99. The maximum atomic E-state index is 12.1. The first-order valence-electron chi connectivity index (χ1n) is 7.26. The van der Waals surface area contributed by atoms with Gasteiger partial charge in [0.1, 0.15) is 5.75 Å². The second-order valence-electron chi connectivity index (χ2n) is 5.14. The molecule has 3 aromatic rings. The van der Waals surface area contributed by atoms with Crippen LogP contribution in [-0.4, -0.2) is 25.2 Å². The van der Waals surface area contributed by atoms with E-state index in [-0.39, 0.29) is 11.4 Å². The van der Waals surface area contributed by atoms with E-state index in [2.05, 4.69) is 4.98 Å². The molecule has 0 amide bonds. The predicted octanol–water partition coefficient (Wildman–Crippen LogP) is 3.93. The molecule has 2 heterocycles. The molecule has 0 fully saturated rings. The minimum atomic E-state index is -0.586. The van der Waals surface area contributed by atoms with Crippen LogP contribution in [-0.2, 0) is 4.74 Å². The Labute approximate surface area is 137 Å². The molecule has 1 aliphatic heterocycles. The Morgan fingerprint density at radius 2 is 1.79 bits per heavy atom. The smallest absolute Gasteiger partial charge is 0.360 e. The zero-order valence-electron chi connectivity index (χ0n) is 13.0. The molecule has 4 rings (SSSR count). The fourth-order valence-electron chi connectivity index (χ4n) is 2.59. The lowest BCUT2D eigenvalue weighted by Crippen LogP contribution is -2.10. The summed E-state index contributed by atoms with van der Waals surface area (Å²) in [6.45, 7) is 0. The number of rotatable bonds is 2. The Hall–Kier alpha value is -3.28. The van der Waals surface area contributed by atoms with Crippen molar-refractivity contribution in [1.82, 2.24) is 4.98 Å². The van der Waals surface area contributed by atoms with Gasteiger partial charge in [-0.2, -0.15) is 0 Å². The van der Waals surface area contributed by atoms with Crippen LogP contribution in [0.5, 0.6) is 28.7 Å². The third-order valence-electron chi connectivity index (χ3n) is 3.76. The number of para-hydroxylation sites is 1. The summed E-state index contributed by atoms with van der Waals surface area (Å²) in [6.07, 6.45) is 0. The van der Waals surface area contributed by atoms with Crippen molar-refractivity contribution in [3.63, 3.8) is 0 Å². The van der Waals surface area contributed by atoms with Crippen molar-refractivity contribution in [2.45, 2.75) is 0 Å². The number of hydrogen-bond donors (Lipinski definition) is 0. The van der Waals surface area contributed by atoms with Crippen molar-refractivity contribution >= 4 is 16.9 Å². The molecule has 0 spiro atoms. The van der Waals surface area contributed by atoms with Gasteiger partial charge < -0.3 is 18.9 Å². The molecule has 0 aliphatic carbocycles. The molecule has 0 unspecified atom stereocenters. The van der Waals surface area contributed by atoms with Gasteiger partial charge in [0.2, 0.25) is 5.75 Å². The number of hydrogen-bond acceptors (Lipinski definition) is 6. The third-order valence-corrected chi connectivity index (χ3v) is 3.76. The van der Waals surface area contributed by atoms with Crippen molar-refractivity contribution in [3.05, 3.63) is 48.2 Å². The molecular formula is C18H13NO5. The summed E-state index contributed by atoms with van der Waals surface area (Å²) < 4.78 is 21.9. The van der Waals surface area contributed by atoms with Gasteiger partial charge >= 0.3 is 5.97 Å². The zero-order valence-corrected chi connectivity index (χ0v) is 13.0. The number of pyridine rings is 1. The summed E-state index contributed by atoms with van der Waals surface area (Å²) in [5.41, 5.74) is 0.694. The van der Waals surface area contributed by atoms with Crippen LogP contribution in [0.2, 0.25) is 0 Å². The SMILES string of the molecule is COC(=O)c1nc2ccccc2c2c1Oc1ccc(OC)cc1O2. The van der Waals surface area contributed by atoms with Crippen molar-refractivity contribution in [3.8, 4) is 28.7 Å². The first-order chi connectivity index (χ1) is 11.7. The summed E-state index contributed by atoms with van der Waals surface area (Å²) in [7, 11) is 2.88. The molecule has 0 N–H and O–H groups in total. The van der Waals surface area contributed by atoms with E-state index < -0.39 is 5.97 Å². The first kappa shape index (κ1) is 14.3. The van der Waals surface area contributed by atoms with Crippen LogP contribution < -0.4 is 14.2 Å². The minimum Gasteiger partial charge on any atom is -0.497 e. The molecule has 0 bridgehead atoms. The molecule has 1 aliphatic rings. The number of carbonyl (C=O) groups is 1.